The molecule has 3 aromatic rings. The van der Waals surface area contributed by atoms with Gasteiger partial charge in [0.15, 0.2) is 5.82 Å². The van der Waals surface area contributed by atoms with Crippen LogP contribution in [0, 0.1) is 0 Å². The van der Waals surface area contributed by atoms with Gasteiger partial charge in [-0.2, -0.15) is 4.98 Å². The second-order valence-corrected chi connectivity index (χ2v) is 7.55. The molecule has 0 aliphatic carbocycles. The minimum atomic E-state index is -4.00. The predicted molar refractivity (Wildman–Crippen MR) is 108 cm³/mol. The van der Waals surface area contributed by atoms with Gasteiger partial charge in [-0.15, -0.1) is 0 Å². The van der Waals surface area contributed by atoms with Gasteiger partial charge in [-0.1, -0.05) is 12.1 Å². The van der Waals surface area contributed by atoms with Crippen molar-refractivity contribution in [3.63, 3.8) is 0 Å². The minimum Gasteiger partial charge on any atom is -0.507 e. The molecule has 3 N–H and O–H groups in total. The van der Waals surface area contributed by atoms with E-state index in [2.05, 4.69) is 20.0 Å². The number of carbonyl (C=O) groups excluding carboxylic acids is 1. The quantitative estimate of drug-likeness (QED) is 0.519. The van der Waals surface area contributed by atoms with E-state index in [9.17, 15) is 18.3 Å². The number of methoxy groups -OCH3 is 2. The zero-order valence-electron chi connectivity index (χ0n) is 16.0. The van der Waals surface area contributed by atoms with Crippen LogP contribution >= 0.6 is 0 Å². The SMILES string of the molecule is COc1ncnc(NS(=O)(=O)c2ccc(NC(=O)c3ccccc3O)cc2)c1OC. The van der Waals surface area contributed by atoms with E-state index in [1.807, 2.05) is 0 Å². The lowest BCUT2D eigenvalue weighted by molar-refractivity contribution is 0.102. The first-order valence-electron chi connectivity index (χ1n) is 8.51. The van der Waals surface area contributed by atoms with Crippen molar-refractivity contribution in [1.29, 1.82) is 0 Å². The molecule has 0 bridgehead atoms. The molecule has 0 aliphatic rings. The van der Waals surface area contributed by atoms with Crippen molar-refractivity contribution in [2.24, 2.45) is 0 Å². The van der Waals surface area contributed by atoms with Gasteiger partial charge in [0.1, 0.15) is 12.1 Å². The number of nitrogens with one attached hydrogen (secondary N) is 2. The molecule has 30 heavy (non-hydrogen) atoms. The van der Waals surface area contributed by atoms with E-state index in [0.29, 0.717) is 5.69 Å². The fourth-order valence-electron chi connectivity index (χ4n) is 2.53. The molecule has 156 valence electrons. The molecule has 0 fully saturated rings. The van der Waals surface area contributed by atoms with Crippen molar-refractivity contribution >= 4 is 27.4 Å². The highest BCUT2D eigenvalue weighted by Crippen LogP contribution is 2.32. The maximum atomic E-state index is 12.7. The summed E-state index contributed by atoms with van der Waals surface area (Å²) < 4.78 is 37.8. The number of para-hydroxylation sites is 1. The van der Waals surface area contributed by atoms with Crippen LogP contribution in [-0.2, 0) is 10.0 Å². The van der Waals surface area contributed by atoms with E-state index in [-0.39, 0.29) is 33.7 Å². The predicted octanol–water partition coefficient (Wildman–Crippen LogP) is 2.25. The van der Waals surface area contributed by atoms with Crippen molar-refractivity contribution in [2.45, 2.75) is 4.90 Å². The molecule has 0 saturated heterocycles. The third-order valence-electron chi connectivity index (χ3n) is 3.97. The molecule has 10 nitrogen and oxygen atoms in total. The van der Waals surface area contributed by atoms with Crippen LogP contribution in [-0.4, -0.2) is 43.6 Å². The summed E-state index contributed by atoms with van der Waals surface area (Å²) in [6.07, 6.45) is 1.14. The van der Waals surface area contributed by atoms with E-state index in [1.165, 1.54) is 50.6 Å². The monoisotopic (exact) mass is 430 g/mol. The van der Waals surface area contributed by atoms with Gasteiger partial charge in [0.25, 0.3) is 21.8 Å². The molecule has 0 saturated carbocycles. The van der Waals surface area contributed by atoms with Gasteiger partial charge in [-0.25, -0.2) is 13.4 Å². The van der Waals surface area contributed by atoms with Crippen molar-refractivity contribution < 1.29 is 27.8 Å². The number of phenols is 1. The van der Waals surface area contributed by atoms with Crippen LogP contribution in [0.1, 0.15) is 10.4 Å². The summed E-state index contributed by atoms with van der Waals surface area (Å²) >= 11 is 0. The number of rotatable bonds is 7. The molecular weight excluding hydrogens is 412 g/mol. The van der Waals surface area contributed by atoms with Gasteiger partial charge in [-0.05, 0) is 36.4 Å². The lowest BCUT2D eigenvalue weighted by Gasteiger charge is -2.13. The first-order valence-corrected chi connectivity index (χ1v) is 9.99. The Balaban J connectivity index is 1.79. The number of carbonyl (C=O) groups is 1. The summed E-state index contributed by atoms with van der Waals surface area (Å²) in [6.45, 7) is 0. The number of ether oxygens (including phenoxy) is 2. The molecule has 1 amide bonds. The highest BCUT2D eigenvalue weighted by Gasteiger charge is 2.21. The third-order valence-corrected chi connectivity index (χ3v) is 5.33. The second-order valence-electron chi connectivity index (χ2n) is 5.87. The maximum absolute atomic E-state index is 12.7. The average molecular weight is 430 g/mol. The minimum absolute atomic E-state index is 0.0372. The smallest absolute Gasteiger partial charge is 0.263 e. The topological polar surface area (TPSA) is 140 Å². The molecule has 3 rings (SSSR count). The molecule has 0 unspecified atom stereocenters. The lowest BCUT2D eigenvalue weighted by atomic mass is 10.2. The fraction of sp³-hybridized carbons (Fsp3) is 0.105. The number of nitrogens with zero attached hydrogens (tertiary/aromatic N) is 2. The summed E-state index contributed by atoms with van der Waals surface area (Å²) in [6, 6.07) is 11.5. The third kappa shape index (κ3) is 4.41. The van der Waals surface area contributed by atoms with Crippen molar-refractivity contribution in [3.8, 4) is 17.4 Å². The summed E-state index contributed by atoms with van der Waals surface area (Å²) in [5.41, 5.74) is 0.448. The van der Waals surface area contributed by atoms with Crippen molar-refractivity contribution in [3.05, 3.63) is 60.4 Å². The first-order chi connectivity index (χ1) is 14.4. The van der Waals surface area contributed by atoms with E-state index in [0.717, 1.165) is 6.33 Å². The molecule has 1 heterocycles. The zero-order valence-corrected chi connectivity index (χ0v) is 16.8. The first kappa shape index (κ1) is 20.9. The number of benzene rings is 2. The number of amides is 1. The summed E-state index contributed by atoms with van der Waals surface area (Å²) in [7, 11) is -1.30. The number of anilines is 2. The summed E-state index contributed by atoms with van der Waals surface area (Å²) in [5.74, 6) is -0.656. The van der Waals surface area contributed by atoms with E-state index in [1.54, 1.807) is 12.1 Å². The van der Waals surface area contributed by atoms with Crippen LogP contribution in [0.15, 0.2) is 59.8 Å². The van der Waals surface area contributed by atoms with Crippen LogP contribution in [0.2, 0.25) is 0 Å². The van der Waals surface area contributed by atoms with Crippen LogP contribution < -0.4 is 19.5 Å². The number of sulfonamides is 1. The summed E-state index contributed by atoms with van der Waals surface area (Å²) in [4.78, 5) is 19.9. The summed E-state index contributed by atoms with van der Waals surface area (Å²) in [5, 5.41) is 12.3. The molecule has 0 aliphatic heterocycles. The Morgan fingerprint density at radius 3 is 2.33 bits per heavy atom. The number of hydrogen-bond donors (Lipinski definition) is 3. The molecule has 11 heteroatoms. The van der Waals surface area contributed by atoms with E-state index in [4.69, 9.17) is 9.47 Å². The normalized spacial score (nSPS) is 10.9. The average Bonchev–Trinajstić information content (AvgIpc) is 2.74. The van der Waals surface area contributed by atoms with Crippen LogP contribution in [0.5, 0.6) is 17.4 Å². The van der Waals surface area contributed by atoms with E-state index < -0.39 is 15.9 Å². The van der Waals surface area contributed by atoms with Gasteiger partial charge >= 0.3 is 0 Å². The van der Waals surface area contributed by atoms with Crippen LogP contribution in [0.4, 0.5) is 11.5 Å². The van der Waals surface area contributed by atoms with Gasteiger partial charge in [-0.3, -0.25) is 9.52 Å². The Morgan fingerprint density at radius 1 is 1.00 bits per heavy atom. The van der Waals surface area contributed by atoms with Crippen molar-refractivity contribution in [2.75, 3.05) is 24.3 Å². The number of phenolic OH excluding ortho intramolecular Hbond substituents is 1. The molecule has 0 radical (unpaired) electrons. The molecule has 0 spiro atoms. The maximum Gasteiger partial charge on any atom is 0.263 e. The number of hydrogen-bond acceptors (Lipinski definition) is 8. The largest absolute Gasteiger partial charge is 0.507 e. The molecule has 1 aromatic heterocycles. The van der Waals surface area contributed by atoms with Gasteiger partial charge in [0.05, 0.1) is 24.7 Å². The molecule has 0 atom stereocenters. The molecule has 2 aromatic carbocycles. The Morgan fingerprint density at radius 2 is 1.70 bits per heavy atom. The van der Waals surface area contributed by atoms with E-state index >= 15 is 0 Å². The Bertz CT molecular complexity index is 1170. The zero-order chi connectivity index (χ0) is 21.7. The Hall–Kier alpha value is -3.86. The standard InChI is InChI=1S/C19H18N4O6S/c1-28-16-17(20-11-21-19(16)29-2)23-30(26,27)13-9-7-12(8-10-13)22-18(25)14-5-3-4-6-15(14)24/h3-11,24H,1-2H3,(H,22,25)(H,20,21,23). The highest BCUT2D eigenvalue weighted by molar-refractivity contribution is 7.92. The Kier molecular flexibility index (Phi) is 6.02. The number of aromatic nitrogens is 2. The lowest BCUT2D eigenvalue weighted by Crippen LogP contribution is -2.16. The highest BCUT2D eigenvalue weighted by atomic mass is 32.2. The van der Waals surface area contributed by atoms with Gasteiger partial charge in [0, 0.05) is 5.69 Å². The van der Waals surface area contributed by atoms with Gasteiger partial charge in [0.2, 0.25) is 5.75 Å². The fourth-order valence-corrected chi connectivity index (χ4v) is 3.54. The molecular formula is C19H18N4O6S. The number of aromatic hydroxyl groups is 1. The van der Waals surface area contributed by atoms with Crippen molar-refractivity contribution in [1.82, 2.24) is 9.97 Å². The van der Waals surface area contributed by atoms with Crippen LogP contribution in [0.25, 0.3) is 0 Å². The van der Waals surface area contributed by atoms with Gasteiger partial charge < -0.3 is 19.9 Å². The van der Waals surface area contributed by atoms with Crippen LogP contribution in [0.3, 0.4) is 0 Å². The second kappa shape index (κ2) is 8.66. The Labute approximate surface area is 172 Å².